The van der Waals surface area contributed by atoms with Gasteiger partial charge in [0.05, 0.1) is 12.7 Å². The molecule has 1 aromatic carbocycles. The Morgan fingerprint density at radius 2 is 1.89 bits per heavy atom. The van der Waals surface area contributed by atoms with Crippen molar-refractivity contribution in [2.45, 2.75) is 43.9 Å². The van der Waals surface area contributed by atoms with Crippen molar-refractivity contribution in [2.24, 2.45) is 5.92 Å². The maximum Gasteiger partial charge on any atom is 0.241 e. The summed E-state index contributed by atoms with van der Waals surface area (Å²) in [5.74, 6) is 0.604. The molecule has 3 N–H and O–H groups in total. The molecule has 150 valence electrons. The zero-order valence-corrected chi connectivity index (χ0v) is 16.5. The maximum absolute atomic E-state index is 12.9. The summed E-state index contributed by atoms with van der Waals surface area (Å²) in [6.07, 6.45) is 4.19. The van der Waals surface area contributed by atoms with Crippen molar-refractivity contribution < 1.29 is 9.53 Å². The highest BCUT2D eigenvalue weighted by molar-refractivity contribution is 5.85. The first-order valence-corrected chi connectivity index (χ1v) is 9.97. The second-order valence-corrected chi connectivity index (χ2v) is 7.66. The summed E-state index contributed by atoms with van der Waals surface area (Å²) < 4.78 is 6.05. The first-order chi connectivity index (χ1) is 12.8. The number of carbonyl (C=O) groups excluding carboxylic acids is 1. The van der Waals surface area contributed by atoms with Crippen LogP contribution in [0, 0.1) is 5.92 Å². The van der Waals surface area contributed by atoms with Gasteiger partial charge in [0.2, 0.25) is 5.91 Å². The van der Waals surface area contributed by atoms with E-state index in [2.05, 4.69) is 40.4 Å². The number of halogens is 1. The van der Waals surface area contributed by atoms with Gasteiger partial charge in [0.15, 0.2) is 0 Å². The molecule has 3 aliphatic heterocycles. The van der Waals surface area contributed by atoms with Crippen LogP contribution in [0.3, 0.4) is 0 Å². The number of benzene rings is 1. The van der Waals surface area contributed by atoms with Crippen molar-refractivity contribution in [1.29, 1.82) is 0 Å². The fraction of sp³-hybridized carbons (Fsp3) is 0.650. The number of rotatable bonds is 5. The quantitative estimate of drug-likeness (QED) is 0.698. The van der Waals surface area contributed by atoms with Gasteiger partial charge in [-0.25, -0.2) is 5.43 Å². The number of fused-ring (bicyclic) bond motifs is 1. The highest BCUT2D eigenvalue weighted by atomic mass is 35.5. The topological polar surface area (TPSA) is 65.6 Å². The van der Waals surface area contributed by atoms with E-state index < -0.39 is 0 Å². The van der Waals surface area contributed by atoms with Crippen LogP contribution < -0.4 is 16.2 Å². The molecule has 3 atom stereocenters. The molecule has 0 spiro atoms. The molecule has 1 aromatic rings. The van der Waals surface area contributed by atoms with E-state index in [1.807, 2.05) is 11.0 Å². The van der Waals surface area contributed by atoms with Crippen LogP contribution in [0.25, 0.3) is 0 Å². The van der Waals surface area contributed by atoms with Crippen LogP contribution in [0.5, 0.6) is 0 Å². The van der Waals surface area contributed by atoms with Gasteiger partial charge in [-0.2, -0.15) is 0 Å². The zero-order valence-electron chi connectivity index (χ0n) is 15.7. The molecule has 7 heteroatoms. The van der Waals surface area contributed by atoms with Gasteiger partial charge in [0.25, 0.3) is 0 Å². The molecule has 6 nitrogen and oxygen atoms in total. The van der Waals surface area contributed by atoms with E-state index in [1.54, 1.807) is 0 Å². The van der Waals surface area contributed by atoms with Crippen molar-refractivity contribution in [1.82, 2.24) is 21.1 Å². The zero-order chi connectivity index (χ0) is 17.8. The van der Waals surface area contributed by atoms with Gasteiger partial charge in [0.1, 0.15) is 6.04 Å². The normalized spacial score (nSPS) is 28.4. The second kappa shape index (κ2) is 9.85. The highest BCUT2D eigenvalue weighted by Crippen LogP contribution is 2.23. The number of nitrogens with zero attached hydrogens (tertiary/aromatic N) is 1. The van der Waals surface area contributed by atoms with E-state index >= 15 is 0 Å². The molecule has 3 fully saturated rings. The summed E-state index contributed by atoms with van der Waals surface area (Å²) in [5, 5.41) is 3.42. The van der Waals surface area contributed by atoms with Crippen molar-refractivity contribution in [3.8, 4) is 0 Å². The molecule has 27 heavy (non-hydrogen) atoms. The smallest absolute Gasteiger partial charge is 0.241 e. The largest absolute Gasteiger partial charge is 0.378 e. The van der Waals surface area contributed by atoms with Gasteiger partial charge < -0.3 is 15.0 Å². The predicted octanol–water partition coefficient (Wildman–Crippen LogP) is 1.11. The van der Waals surface area contributed by atoms with Gasteiger partial charge in [-0.05, 0) is 37.8 Å². The van der Waals surface area contributed by atoms with Crippen LogP contribution in [0.1, 0.15) is 24.8 Å². The monoisotopic (exact) mass is 394 g/mol. The van der Waals surface area contributed by atoms with Crippen LogP contribution in [-0.2, 0) is 16.0 Å². The lowest BCUT2D eigenvalue weighted by Crippen LogP contribution is -2.53. The molecule has 3 unspecified atom stereocenters. The lowest BCUT2D eigenvalue weighted by atomic mass is 9.88. The van der Waals surface area contributed by atoms with Gasteiger partial charge in [0, 0.05) is 31.6 Å². The Morgan fingerprint density at radius 3 is 2.67 bits per heavy atom. The number of hydrazine groups is 1. The Hall–Kier alpha value is -1.18. The van der Waals surface area contributed by atoms with E-state index in [9.17, 15) is 4.79 Å². The summed E-state index contributed by atoms with van der Waals surface area (Å²) >= 11 is 0. The fourth-order valence-electron chi connectivity index (χ4n) is 4.39. The number of likely N-dealkylation sites (tertiary alicyclic amines) is 1. The minimum absolute atomic E-state index is 0. The molecule has 0 aliphatic carbocycles. The molecule has 3 heterocycles. The highest BCUT2D eigenvalue weighted by Gasteiger charge is 2.43. The first-order valence-electron chi connectivity index (χ1n) is 9.97. The number of hydrogen-bond donors (Lipinski definition) is 3. The summed E-state index contributed by atoms with van der Waals surface area (Å²) in [7, 11) is 0. The Balaban J connectivity index is 0.00000210. The lowest BCUT2D eigenvalue weighted by Gasteiger charge is -2.35. The van der Waals surface area contributed by atoms with E-state index in [1.165, 1.54) is 5.56 Å². The average Bonchev–Trinajstić information content (AvgIpc) is 3.13. The Kier molecular flexibility index (Phi) is 7.49. The third kappa shape index (κ3) is 5.00. The van der Waals surface area contributed by atoms with Crippen molar-refractivity contribution in [3.63, 3.8) is 0 Å². The Morgan fingerprint density at radius 1 is 1.11 bits per heavy atom. The molecule has 1 amide bonds. The first kappa shape index (κ1) is 20.6. The summed E-state index contributed by atoms with van der Waals surface area (Å²) in [5.41, 5.74) is 7.88. The lowest BCUT2D eigenvalue weighted by molar-refractivity contribution is -0.136. The molecule has 4 rings (SSSR count). The van der Waals surface area contributed by atoms with E-state index in [0.717, 1.165) is 58.5 Å². The van der Waals surface area contributed by atoms with Crippen molar-refractivity contribution >= 4 is 18.3 Å². The Bertz CT molecular complexity index is 595. The van der Waals surface area contributed by atoms with E-state index in [0.29, 0.717) is 12.0 Å². The third-order valence-electron chi connectivity index (χ3n) is 5.99. The summed E-state index contributed by atoms with van der Waals surface area (Å²) in [4.78, 5) is 14.9. The molecule has 3 aliphatic rings. The standard InChI is InChI=1S/C20H30N4O2.ClH/c25-20(19-17-14-21-10-6-18(17)22-23-19)24-11-7-16(8-12-24)26-13-9-15-4-2-1-3-5-15;/h1-5,16-19,21-23H,6-14H2;1H. The van der Waals surface area contributed by atoms with Crippen molar-refractivity contribution in [3.05, 3.63) is 35.9 Å². The molecule has 0 aromatic heterocycles. The van der Waals surface area contributed by atoms with E-state index in [-0.39, 0.29) is 30.5 Å². The predicted molar refractivity (Wildman–Crippen MR) is 108 cm³/mol. The third-order valence-corrected chi connectivity index (χ3v) is 5.99. The molecule has 3 saturated heterocycles. The Labute approximate surface area is 167 Å². The minimum Gasteiger partial charge on any atom is -0.378 e. The second-order valence-electron chi connectivity index (χ2n) is 7.66. The molecule has 0 saturated carbocycles. The molecule has 0 bridgehead atoms. The molecule has 0 radical (unpaired) electrons. The van der Waals surface area contributed by atoms with Crippen LogP contribution in [-0.4, -0.2) is 61.8 Å². The van der Waals surface area contributed by atoms with Crippen LogP contribution in [0.4, 0.5) is 0 Å². The fourth-order valence-corrected chi connectivity index (χ4v) is 4.39. The maximum atomic E-state index is 12.9. The summed E-state index contributed by atoms with van der Waals surface area (Å²) in [6.45, 7) is 4.31. The number of amides is 1. The number of carbonyl (C=O) groups is 1. The van der Waals surface area contributed by atoms with Gasteiger partial charge in [-0.1, -0.05) is 30.3 Å². The number of ether oxygens (including phenoxy) is 1. The van der Waals surface area contributed by atoms with Crippen LogP contribution in [0.2, 0.25) is 0 Å². The van der Waals surface area contributed by atoms with E-state index in [4.69, 9.17) is 4.74 Å². The van der Waals surface area contributed by atoms with Crippen LogP contribution >= 0.6 is 12.4 Å². The molecular weight excluding hydrogens is 364 g/mol. The van der Waals surface area contributed by atoms with Gasteiger partial charge in [-0.15, -0.1) is 12.4 Å². The minimum atomic E-state index is -0.0941. The number of hydrogen-bond acceptors (Lipinski definition) is 5. The van der Waals surface area contributed by atoms with Crippen molar-refractivity contribution in [2.75, 3.05) is 32.8 Å². The SMILES string of the molecule is Cl.O=C(C1NNC2CCNCC21)N1CCC(OCCc2ccccc2)CC1. The van der Waals surface area contributed by atoms with Crippen LogP contribution in [0.15, 0.2) is 30.3 Å². The number of piperidine rings is 2. The molecular formula is C20H31ClN4O2. The van der Waals surface area contributed by atoms with Gasteiger partial charge >= 0.3 is 0 Å². The average molecular weight is 395 g/mol. The number of nitrogens with one attached hydrogen (secondary N) is 3. The van der Waals surface area contributed by atoms with Gasteiger partial charge in [-0.3, -0.25) is 10.2 Å². The summed E-state index contributed by atoms with van der Waals surface area (Å²) in [6, 6.07) is 10.8.